The minimum atomic E-state index is -0.660. The summed E-state index contributed by atoms with van der Waals surface area (Å²) in [7, 11) is 0. The molecule has 3 saturated carbocycles. The van der Waals surface area contributed by atoms with Gasteiger partial charge in [0.2, 0.25) is 0 Å². The first-order valence-electron chi connectivity index (χ1n) is 13.8. The van der Waals surface area contributed by atoms with Crippen molar-refractivity contribution in [3.63, 3.8) is 0 Å². The predicted octanol–water partition coefficient (Wildman–Crippen LogP) is 6.32. The molecule has 5 aliphatic carbocycles. The van der Waals surface area contributed by atoms with E-state index in [0.29, 0.717) is 30.0 Å². The number of hydrogen-bond acceptors (Lipinski definition) is 3. The van der Waals surface area contributed by atoms with Crippen molar-refractivity contribution < 1.29 is 15.0 Å². The molecule has 5 aliphatic rings. The first kappa shape index (κ1) is 24.0. The van der Waals surface area contributed by atoms with E-state index in [1.54, 1.807) is 11.1 Å². The SMILES string of the molecule is CC(C)[C@H]1CC(=O)[C@@H]2[C@]1(C)CC[C@]1(C)C3=C(CC[C@@]21C)[C@@]1(C)C[C@@H](O)[C@H](O)C(C)(C)[C@@H]1CC3. The van der Waals surface area contributed by atoms with Crippen molar-refractivity contribution in [3.05, 3.63) is 11.1 Å². The molecule has 9 atom stereocenters. The quantitative estimate of drug-likeness (QED) is 0.454. The number of rotatable bonds is 1. The van der Waals surface area contributed by atoms with E-state index >= 15 is 0 Å². The highest BCUT2D eigenvalue weighted by molar-refractivity contribution is 5.86. The van der Waals surface area contributed by atoms with Crippen LogP contribution in [0.15, 0.2) is 11.1 Å². The lowest BCUT2D eigenvalue weighted by atomic mass is 9.37. The molecule has 0 bridgehead atoms. The maximum atomic E-state index is 13.7. The molecule has 2 N–H and O–H groups in total. The van der Waals surface area contributed by atoms with Gasteiger partial charge in [-0.2, -0.15) is 0 Å². The number of allylic oxidation sites excluding steroid dienone is 2. The summed E-state index contributed by atoms with van der Waals surface area (Å²) in [6.07, 6.45) is 6.79. The zero-order chi connectivity index (χ0) is 24.4. The lowest BCUT2D eigenvalue weighted by molar-refractivity contribution is -0.165. The highest BCUT2D eigenvalue weighted by Crippen LogP contribution is 2.75. The molecule has 0 aromatic carbocycles. The molecular formula is C30H48O3. The van der Waals surface area contributed by atoms with Crippen LogP contribution in [0.3, 0.4) is 0 Å². The van der Waals surface area contributed by atoms with E-state index in [0.717, 1.165) is 38.5 Å². The molecule has 3 fully saturated rings. The molecule has 5 rings (SSSR count). The molecule has 33 heavy (non-hydrogen) atoms. The van der Waals surface area contributed by atoms with Crippen LogP contribution in [0.1, 0.15) is 107 Å². The van der Waals surface area contributed by atoms with Gasteiger partial charge in [0.1, 0.15) is 5.78 Å². The first-order chi connectivity index (χ1) is 15.1. The summed E-state index contributed by atoms with van der Waals surface area (Å²) in [5.74, 6) is 2.16. The Morgan fingerprint density at radius 2 is 1.58 bits per heavy atom. The smallest absolute Gasteiger partial charge is 0.137 e. The van der Waals surface area contributed by atoms with Gasteiger partial charge < -0.3 is 10.2 Å². The van der Waals surface area contributed by atoms with Crippen LogP contribution in [0.4, 0.5) is 0 Å². The molecule has 0 amide bonds. The van der Waals surface area contributed by atoms with Gasteiger partial charge in [0.05, 0.1) is 12.2 Å². The Kier molecular flexibility index (Phi) is 5.07. The van der Waals surface area contributed by atoms with Crippen LogP contribution in [0.2, 0.25) is 0 Å². The van der Waals surface area contributed by atoms with Gasteiger partial charge in [0, 0.05) is 12.3 Å². The first-order valence-corrected chi connectivity index (χ1v) is 13.8. The molecule has 3 nitrogen and oxygen atoms in total. The number of aliphatic hydroxyl groups is 2. The Bertz CT molecular complexity index is 900. The van der Waals surface area contributed by atoms with E-state index in [4.69, 9.17) is 0 Å². The fourth-order valence-electron chi connectivity index (χ4n) is 11.0. The maximum Gasteiger partial charge on any atom is 0.137 e. The molecule has 0 spiro atoms. The second-order valence-electron chi connectivity index (χ2n) is 14.7. The molecule has 0 saturated heterocycles. The third kappa shape index (κ3) is 2.73. The number of fused-ring (bicyclic) bond motifs is 6. The van der Waals surface area contributed by atoms with E-state index in [9.17, 15) is 15.0 Å². The normalized spacial score (nSPS) is 53.4. The molecule has 0 aromatic rings. The lowest BCUT2D eigenvalue weighted by Gasteiger charge is -2.67. The Labute approximate surface area is 201 Å². The van der Waals surface area contributed by atoms with Gasteiger partial charge >= 0.3 is 0 Å². The molecule has 0 radical (unpaired) electrons. The second kappa shape index (κ2) is 6.96. The molecule has 3 heteroatoms. The molecule has 0 unspecified atom stereocenters. The van der Waals surface area contributed by atoms with Crippen LogP contribution in [-0.4, -0.2) is 28.2 Å². The Morgan fingerprint density at radius 3 is 2.21 bits per heavy atom. The molecule has 0 heterocycles. The maximum absolute atomic E-state index is 13.7. The van der Waals surface area contributed by atoms with Gasteiger partial charge in [-0.15, -0.1) is 0 Å². The third-order valence-corrected chi connectivity index (χ3v) is 12.8. The zero-order valence-electron chi connectivity index (χ0n) is 22.4. The topological polar surface area (TPSA) is 57.5 Å². The van der Waals surface area contributed by atoms with Crippen LogP contribution in [0.5, 0.6) is 0 Å². The van der Waals surface area contributed by atoms with Crippen LogP contribution in [0, 0.1) is 50.7 Å². The number of Topliss-reactive ketones (excluding diaryl/α,β-unsaturated/α-hetero) is 1. The van der Waals surface area contributed by atoms with Crippen molar-refractivity contribution in [1.82, 2.24) is 0 Å². The summed E-state index contributed by atoms with van der Waals surface area (Å²) >= 11 is 0. The number of hydrogen-bond donors (Lipinski definition) is 2. The van der Waals surface area contributed by atoms with Gasteiger partial charge in [0.25, 0.3) is 0 Å². The minimum Gasteiger partial charge on any atom is -0.390 e. The standard InChI is InChI=1S/C30H48O3/c1-17(2)20-15-21(31)24-27(20,5)13-14-29(7)19-9-10-23-26(3,4)25(33)22(32)16-28(23,6)18(19)11-12-30(24,29)8/h17,20,22-25,32-33H,9-16H2,1-8H3/t20-,22-,23+,24-,25+,27-,28-,29-,30+/m1/s1. The van der Waals surface area contributed by atoms with Crippen molar-refractivity contribution in [3.8, 4) is 0 Å². The minimum absolute atomic E-state index is 0.0189. The van der Waals surface area contributed by atoms with Crippen molar-refractivity contribution in [1.29, 1.82) is 0 Å². The van der Waals surface area contributed by atoms with Crippen molar-refractivity contribution in [2.24, 2.45) is 50.7 Å². The molecular weight excluding hydrogens is 408 g/mol. The fourth-order valence-corrected chi connectivity index (χ4v) is 11.0. The van der Waals surface area contributed by atoms with E-state index in [1.807, 2.05) is 0 Å². The van der Waals surface area contributed by atoms with E-state index < -0.39 is 12.2 Å². The number of carbonyl (C=O) groups excluding carboxylic acids is 1. The van der Waals surface area contributed by atoms with Crippen LogP contribution in [0.25, 0.3) is 0 Å². The van der Waals surface area contributed by atoms with Gasteiger partial charge in [-0.1, -0.05) is 66.5 Å². The number of ketones is 1. The van der Waals surface area contributed by atoms with E-state index in [-0.39, 0.29) is 33.0 Å². The number of aliphatic hydroxyl groups excluding tert-OH is 2. The van der Waals surface area contributed by atoms with Crippen LogP contribution in [-0.2, 0) is 4.79 Å². The van der Waals surface area contributed by atoms with Gasteiger partial charge in [-0.25, -0.2) is 0 Å². The predicted molar refractivity (Wildman–Crippen MR) is 132 cm³/mol. The van der Waals surface area contributed by atoms with Crippen LogP contribution >= 0.6 is 0 Å². The molecule has 0 aliphatic heterocycles. The van der Waals surface area contributed by atoms with Gasteiger partial charge in [-0.3, -0.25) is 4.79 Å². The van der Waals surface area contributed by atoms with Crippen molar-refractivity contribution in [2.75, 3.05) is 0 Å². The fraction of sp³-hybridized carbons (Fsp3) is 0.900. The number of carbonyl (C=O) groups is 1. The van der Waals surface area contributed by atoms with E-state index in [1.165, 1.54) is 6.42 Å². The largest absolute Gasteiger partial charge is 0.390 e. The van der Waals surface area contributed by atoms with Gasteiger partial charge in [-0.05, 0) is 89.8 Å². The van der Waals surface area contributed by atoms with Crippen LogP contribution < -0.4 is 0 Å². The average molecular weight is 457 g/mol. The zero-order valence-corrected chi connectivity index (χ0v) is 22.4. The van der Waals surface area contributed by atoms with Gasteiger partial charge in [0.15, 0.2) is 0 Å². The van der Waals surface area contributed by atoms with Crippen molar-refractivity contribution in [2.45, 2.75) is 119 Å². The van der Waals surface area contributed by atoms with Crippen molar-refractivity contribution >= 4 is 5.78 Å². The Balaban J connectivity index is 1.61. The third-order valence-electron chi connectivity index (χ3n) is 12.8. The Hall–Kier alpha value is -0.670. The summed E-state index contributed by atoms with van der Waals surface area (Å²) in [5.41, 5.74) is 3.09. The monoisotopic (exact) mass is 456 g/mol. The van der Waals surface area contributed by atoms with E-state index in [2.05, 4.69) is 55.4 Å². The summed E-state index contributed by atoms with van der Waals surface area (Å²) in [4.78, 5) is 13.7. The summed E-state index contributed by atoms with van der Waals surface area (Å²) < 4.78 is 0. The highest BCUT2D eigenvalue weighted by Gasteiger charge is 2.69. The summed E-state index contributed by atoms with van der Waals surface area (Å²) in [6, 6.07) is 0. The molecule has 186 valence electrons. The average Bonchev–Trinajstić information content (AvgIpc) is 2.99. The Morgan fingerprint density at radius 1 is 0.909 bits per heavy atom. The summed E-state index contributed by atoms with van der Waals surface area (Å²) in [6.45, 7) is 18.8. The lowest BCUT2D eigenvalue weighted by Crippen LogP contribution is -2.62. The molecule has 0 aromatic heterocycles. The second-order valence-corrected chi connectivity index (χ2v) is 14.7. The summed E-state index contributed by atoms with van der Waals surface area (Å²) in [5, 5.41) is 21.8. The highest BCUT2D eigenvalue weighted by atomic mass is 16.3.